The molecule has 134 valence electrons. The summed E-state index contributed by atoms with van der Waals surface area (Å²) in [6, 6.07) is 10.3. The van der Waals surface area contributed by atoms with Crippen LogP contribution in [0, 0.1) is 11.3 Å². The summed E-state index contributed by atoms with van der Waals surface area (Å²) >= 11 is 0. The third kappa shape index (κ3) is 4.83. The summed E-state index contributed by atoms with van der Waals surface area (Å²) in [6.07, 6.45) is 3.20. The van der Waals surface area contributed by atoms with Crippen LogP contribution in [0.4, 0.5) is 0 Å². The van der Waals surface area contributed by atoms with E-state index >= 15 is 0 Å². The predicted molar refractivity (Wildman–Crippen MR) is 98.7 cm³/mol. The Morgan fingerprint density at radius 2 is 1.92 bits per heavy atom. The highest BCUT2D eigenvalue weighted by molar-refractivity contribution is 5.73. The van der Waals surface area contributed by atoms with Crippen molar-refractivity contribution in [3.63, 3.8) is 0 Å². The minimum atomic E-state index is -0.0665. The van der Waals surface area contributed by atoms with Gasteiger partial charge < -0.3 is 9.64 Å². The van der Waals surface area contributed by atoms with Crippen LogP contribution in [0.1, 0.15) is 59.4 Å². The van der Waals surface area contributed by atoms with Gasteiger partial charge in [-0.25, -0.2) is 0 Å². The minimum absolute atomic E-state index is 0.0665. The van der Waals surface area contributed by atoms with E-state index < -0.39 is 0 Å². The molecule has 1 saturated heterocycles. The predicted octanol–water partition coefficient (Wildman–Crippen LogP) is 4.66. The van der Waals surface area contributed by atoms with Crippen molar-refractivity contribution in [2.75, 3.05) is 13.2 Å². The van der Waals surface area contributed by atoms with Crippen molar-refractivity contribution in [2.45, 2.75) is 66.0 Å². The highest BCUT2D eigenvalue weighted by Gasteiger charge is 2.42. The van der Waals surface area contributed by atoms with Gasteiger partial charge in [-0.1, -0.05) is 44.2 Å². The van der Waals surface area contributed by atoms with Gasteiger partial charge in [-0.15, -0.1) is 0 Å². The number of carbonyl (C=O) groups excluding carboxylic acids is 1. The second-order valence-electron chi connectivity index (χ2n) is 8.23. The van der Waals surface area contributed by atoms with Gasteiger partial charge in [0, 0.05) is 26.6 Å². The number of ether oxygens (including phenoxy) is 1. The van der Waals surface area contributed by atoms with Crippen molar-refractivity contribution >= 4 is 5.91 Å². The van der Waals surface area contributed by atoms with Crippen LogP contribution in [-0.4, -0.2) is 29.6 Å². The zero-order valence-electron chi connectivity index (χ0n) is 16.0. The Balaban J connectivity index is 2.07. The molecule has 1 amide bonds. The Morgan fingerprint density at radius 3 is 2.46 bits per heavy atom. The summed E-state index contributed by atoms with van der Waals surface area (Å²) in [4.78, 5) is 14.1. The second kappa shape index (κ2) is 7.69. The molecule has 0 N–H and O–H groups in total. The van der Waals surface area contributed by atoms with Gasteiger partial charge in [0.1, 0.15) is 0 Å². The van der Waals surface area contributed by atoms with Crippen LogP contribution >= 0.6 is 0 Å². The first-order chi connectivity index (χ1) is 11.2. The average Bonchev–Trinajstić information content (AvgIpc) is 2.51. The van der Waals surface area contributed by atoms with Gasteiger partial charge in [0.2, 0.25) is 5.91 Å². The molecule has 1 fully saturated rings. The standard InChI is InChI=1S/C21H33NO2/c1-17(2)21(12-14-24-20(4,5)16-21)11-13-22(18(3)23)15-19-9-7-6-8-10-19/h6-10,17H,11-16H2,1-5H3/t21-/m0/s1. The summed E-state index contributed by atoms with van der Waals surface area (Å²) in [6.45, 7) is 13.0. The third-order valence-electron chi connectivity index (χ3n) is 5.64. The molecule has 2 rings (SSSR count). The quantitative estimate of drug-likeness (QED) is 0.759. The van der Waals surface area contributed by atoms with E-state index in [-0.39, 0.29) is 16.9 Å². The molecule has 1 heterocycles. The zero-order valence-corrected chi connectivity index (χ0v) is 16.0. The molecule has 0 aromatic heterocycles. The van der Waals surface area contributed by atoms with E-state index in [9.17, 15) is 4.79 Å². The molecule has 0 radical (unpaired) electrons. The molecule has 1 aromatic rings. The first-order valence-electron chi connectivity index (χ1n) is 9.17. The molecule has 0 saturated carbocycles. The molecule has 0 bridgehead atoms. The summed E-state index contributed by atoms with van der Waals surface area (Å²) < 4.78 is 5.94. The van der Waals surface area contributed by atoms with Crippen molar-refractivity contribution in [3.05, 3.63) is 35.9 Å². The lowest BCUT2D eigenvalue weighted by Crippen LogP contribution is -2.46. The molecule has 24 heavy (non-hydrogen) atoms. The molecule has 1 atom stereocenters. The molecule has 0 unspecified atom stereocenters. The molecular weight excluding hydrogens is 298 g/mol. The lowest BCUT2D eigenvalue weighted by molar-refractivity contribution is -0.134. The lowest BCUT2D eigenvalue weighted by atomic mass is 9.65. The van der Waals surface area contributed by atoms with E-state index in [1.165, 1.54) is 5.56 Å². The Kier molecular flexibility index (Phi) is 6.08. The van der Waals surface area contributed by atoms with Crippen LogP contribution in [0.15, 0.2) is 30.3 Å². The van der Waals surface area contributed by atoms with Crippen molar-refractivity contribution in [2.24, 2.45) is 11.3 Å². The zero-order chi connectivity index (χ0) is 17.8. The number of amides is 1. The molecule has 1 aromatic carbocycles. The second-order valence-corrected chi connectivity index (χ2v) is 8.23. The Bertz CT molecular complexity index is 538. The molecule has 0 spiro atoms. The van der Waals surface area contributed by atoms with E-state index in [1.807, 2.05) is 23.1 Å². The van der Waals surface area contributed by atoms with Crippen molar-refractivity contribution < 1.29 is 9.53 Å². The Morgan fingerprint density at radius 1 is 1.25 bits per heavy atom. The maximum Gasteiger partial charge on any atom is 0.219 e. The van der Waals surface area contributed by atoms with E-state index in [0.29, 0.717) is 12.5 Å². The van der Waals surface area contributed by atoms with Crippen LogP contribution in [0.3, 0.4) is 0 Å². The topological polar surface area (TPSA) is 29.5 Å². The van der Waals surface area contributed by atoms with Gasteiger partial charge in [-0.05, 0) is 50.0 Å². The number of carbonyl (C=O) groups is 1. The number of hydrogen-bond acceptors (Lipinski definition) is 2. The highest BCUT2D eigenvalue weighted by Crippen LogP contribution is 2.46. The van der Waals surface area contributed by atoms with E-state index in [4.69, 9.17) is 4.74 Å². The number of benzene rings is 1. The van der Waals surface area contributed by atoms with Gasteiger partial charge in [-0.3, -0.25) is 4.79 Å². The largest absolute Gasteiger partial charge is 0.376 e. The molecule has 1 aliphatic heterocycles. The fraction of sp³-hybridized carbons (Fsp3) is 0.667. The van der Waals surface area contributed by atoms with Gasteiger partial charge >= 0.3 is 0 Å². The van der Waals surface area contributed by atoms with E-state index in [2.05, 4.69) is 39.8 Å². The summed E-state index contributed by atoms with van der Waals surface area (Å²) in [5.41, 5.74) is 1.38. The van der Waals surface area contributed by atoms with E-state index in [0.717, 1.165) is 32.4 Å². The average molecular weight is 331 g/mol. The molecule has 1 aliphatic rings. The SMILES string of the molecule is CC(=O)N(CC[C@]1(C(C)C)CCOC(C)(C)C1)Cc1ccccc1. The monoisotopic (exact) mass is 331 g/mol. The molecule has 3 heteroatoms. The van der Waals surface area contributed by atoms with Crippen LogP contribution in [0.25, 0.3) is 0 Å². The maximum atomic E-state index is 12.1. The number of hydrogen-bond donors (Lipinski definition) is 0. The fourth-order valence-corrected chi connectivity index (χ4v) is 4.02. The highest BCUT2D eigenvalue weighted by atomic mass is 16.5. The molecule has 3 nitrogen and oxygen atoms in total. The Hall–Kier alpha value is -1.35. The van der Waals surface area contributed by atoms with Crippen molar-refractivity contribution in [3.8, 4) is 0 Å². The smallest absolute Gasteiger partial charge is 0.219 e. The van der Waals surface area contributed by atoms with Gasteiger partial charge in [0.05, 0.1) is 5.60 Å². The van der Waals surface area contributed by atoms with Gasteiger partial charge in [-0.2, -0.15) is 0 Å². The molecule has 0 aliphatic carbocycles. The summed E-state index contributed by atoms with van der Waals surface area (Å²) in [5.74, 6) is 0.746. The minimum Gasteiger partial charge on any atom is -0.376 e. The van der Waals surface area contributed by atoms with Crippen molar-refractivity contribution in [1.29, 1.82) is 0 Å². The van der Waals surface area contributed by atoms with Crippen molar-refractivity contribution in [1.82, 2.24) is 4.90 Å². The van der Waals surface area contributed by atoms with Gasteiger partial charge in [0.25, 0.3) is 0 Å². The lowest BCUT2D eigenvalue weighted by Gasteiger charge is -2.48. The first-order valence-corrected chi connectivity index (χ1v) is 9.17. The molecular formula is C21H33NO2. The van der Waals surface area contributed by atoms with Crippen LogP contribution in [0.5, 0.6) is 0 Å². The normalized spacial score (nSPS) is 23.2. The maximum absolute atomic E-state index is 12.1. The van der Waals surface area contributed by atoms with Gasteiger partial charge in [0.15, 0.2) is 0 Å². The third-order valence-corrected chi connectivity index (χ3v) is 5.64. The Labute approximate surface area is 147 Å². The van der Waals surface area contributed by atoms with Crippen LogP contribution < -0.4 is 0 Å². The van der Waals surface area contributed by atoms with Crippen LogP contribution in [0.2, 0.25) is 0 Å². The summed E-state index contributed by atoms with van der Waals surface area (Å²) in [7, 11) is 0. The summed E-state index contributed by atoms with van der Waals surface area (Å²) in [5, 5.41) is 0. The fourth-order valence-electron chi connectivity index (χ4n) is 4.02. The number of nitrogens with zero attached hydrogens (tertiary/aromatic N) is 1. The van der Waals surface area contributed by atoms with Crippen LogP contribution in [-0.2, 0) is 16.1 Å². The van der Waals surface area contributed by atoms with E-state index in [1.54, 1.807) is 6.92 Å². The first kappa shape index (κ1) is 19.0. The number of rotatable bonds is 6.